The predicted octanol–water partition coefficient (Wildman–Crippen LogP) is 2.02. The summed E-state index contributed by atoms with van der Waals surface area (Å²) >= 11 is 0. The highest BCUT2D eigenvalue weighted by molar-refractivity contribution is 7.90. The predicted molar refractivity (Wildman–Crippen MR) is 89.6 cm³/mol. The molecule has 0 radical (unpaired) electrons. The molecule has 6 nitrogen and oxygen atoms in total. The number of fused-ring (bicyclic) bond motifs is 1. The molecule has 7 heteroatoms. The first-order chi connectivity index (χ1) is 11.4. The summed E-state index contributed by atoms with van der Waals surface area (Å²) in [7, 11) is -3.21. The molecule has 2 aromatic carbocycles. The number of carbonyl (C=O) groups excluding carboxylic acids is 1. The van der Waals surface area contributed by atoms with Crippen molar-refractivity contribution in [1.29, 1.82) is 0 Å². The van der Waals surface area contributed by atoms with Crippen molar-refractivity contribution >= 4 is 15.9 Å². The summed E-state index contributed by atoms with van der Waals surface area (Å²) in [6, 6.07) is 13.6. The Morgan fingerprint density at radius 2 is 1.88 bits per heavy atom. The Morgan fingerprint density at radius 3 is 2.58 bits per heavy atom. The fourth-order valence-electron chi connectivity index (χ4n) is 2.53. The lowest BCUT2D eigenvalue weighted by atomic mass is 10.1. The van der Waals surface area contributed by atoms with Crippen LogP contribution in [0.4, 0.5) is 4.79 Å². The molecule has 2 N–H and O–H groups in total. The second kappa shape index (κ2) is 6.52. The molecular formula is C17H18N2O4S. The Balaban J connectivity index is 1.55. The monoisotopic (exact) mass is 346 g/mol. The van der Waals surface area contributed by atoms with Gasteiger partial charge < -0.3 is 15.4 Å². The van der Waals surface area contributed by atoms with Gasteiger partial charge in [-0.1, -0.05) is 30.3 Å². The third-order valence-electron chi connectivity index (χ3n) is 3.81. The zero-order valence-electron chi connectivity index (χ0n) is 13.2. The Kier molecular flexibility index (Phi) is 4.44. The van der Waals surface area contributed by atoms with Crippen molar-refractivity contribution in [3.8, 4) is 5.75 Å². The molecule has 0 bridgehead atoms. The Morgan fingerprint density at radius 1 is 1.17 bits per heavy atom. The maximum absolute atomic E-state index is 12.0. The number of nitrogens with one attached hydrogen (secondary N) is 2. The minimum absolute atomic E-state index is 0.172. The number of sulfone groups is 1. The maximum atomic E-state index is 12.0. The summed E-state index contributed by atoms with van der Waals surface area (Å²) in [5.74, 6) is 0.791. The number of rotatable bonds is 4. The molecule has 2 amide bonds. The number of hydrogen-bond donors (Lipinski definition) is 2. The minimum Gasteiger partial charge on any atom is -0.491 e. The van der Waals surface area contributed by atoms with Crippen LogP contribution in [0.15, 0.2) is 53.4 Å². The van der Waals surface area contributed by atoms with Crippen molar-refractivity contribution < 1.29 is 17.9 Å². The standard InChI is InChI=1S/C17H18N2O4S/c1-24(21,22)13-8-6-12(7-9-13)10-18-17(20)19-15-11-23-16-5-3-2-4-14(15)16/h2-9,15H,10-11H2,1H3,(H2,18,19,20). The summed E-state index contributed by atoms with van der Waals surface area (Å²) in [6.45, 7) is 0.723. The first kappa shape index (κ1) is 16.3. The van der Waals surface area contributed by atoms with Crippen molar-refractivity contribution in [2.24, 2.45) is 0 Å². The van der Waals surface area contributed by atoms with Gasteiger partial charge in [0.05, 0.1) is 10.9 Å². The van der Waals surface area contributed by atoms with Crippen molar-refractivity contribution in [1.82, 2.24) is 10.6 Å². The van der Waals surface area contributed by atoms with Crippen LogP contribution >= 0.6 is 0 Å². The van der Waals surface area contributed by atoms with Gasteiger partial charge in [0.2, 0.25) is 0 Å². The highest BCUT2D eigenvalue weighted by Crippen LogP contribution is 2.31. The van der Waals surface area contributed by atoms with Gasteiger partial charge in [0.1, 0.15) is 12.4 Å². The molecule has 2 aromatic rings. The number of carbonyl (C=O) groups is 1. The van der Waals surface area contributed by atoms with Crippen LogP contribution in [0.2, 0.25) is 0 Å². The molecular weight excluding hydrogens is 328 g/mol. The molecule has 1 atom stereocenters. The van der Waals surface area contributed by atoms with E-state index < -0.39 is 9.84 Å². The van der Waals surface area contributed by atoms with E-state index in [4.69, 9.17) is 4.74 Å². The van der Waals surface area contributed by atoms with E-state index in [1.54, 1.807) is 12.1 Å². The highest BCUT2D eigenvalue weighted by atomic mass is 32.2. The van der Waals surface area contributed by atoms with E-state index in [1.807, 2.05) is 24.3 Å². The van der Waals surface area contributed by atoms with Gasteiger partial charge in [0, 0.05) is 18.4 Å². The van der Waals surface area contributed by atoms with Crippen LogP contribution in [0.5, 0.6) is 5.75 Å². The SMILES string of the molecule is CS(=O)(=O)c1ccc(CNC(=O)NC2COc3ccccc32)cc1. The summed E-state index contributed by atoms with van der Waals surface area (Å²) < 4.78 is 28.3. The van der Waals surface area contributed by atoms with Crippen LogP contribution < -0.4 is 15.4 Å². The normalized spacial score (nSPS) is 16.1. The van der Waals surface area contributed by atoms with Crippen LogP contribution in [0.3, 0.4) is 0 Å². The van der Waals surface area contributed by atoms with Crippen LogP contribution in [0.25, 0.3) is 0 Å². The topological polar surface area (TPSA) is 84.5 Å². The van der Waals surface area contributed by atoms with Gasteiger partial charge in [0.15, 0.2) is 9.84 Å². The van der Waals surface area contributed by atoms with E-state index in [9.17, 15) is 13.2 Å². The molecule has 3 rings (SSSR count). The number of ether oxygens (including phenoxy) is 1. The molecule has 0 fully saturated rings. The van der Waals surface area contributed by atoms with Crippen LogP contribution in [-0.2, 0) is 16.4 Å². The third kappa shape index (κ3) is 3.68. The fourth-order valence-corrected chi connectivity index (χ4v) is 3.16. The molecule has 1 heterocycles. The number of urea groups is 1. The zero-order chi connectivity index (χ0) is 17.2. The summed E-state index contributed by atoms with van der Waals surface area (Å²) in [4.78, 5) is 12.3. The molecule has 1 aliphatic rings. The highest BCUT2D eigenvalue weighted by Gasteiger charge is 2.24. The van der Waals surface area contributed by atoms with Gasteiger partial charge in [-0.05, 0) is 23.8 Å². The number of hydrogen-bond acceptors (Lipinski definition) is 4. The van der Waals surface area contributed by atoms with Crippen molar-refractivity contribution in [3.63, 3.8) is 0 Å². The zero-order valence-corrected chi connectivity index (χ0v) is 14.0. The van der Waals surface area contributed by atoms with Gasteiger partial charge in [-0.15, -0.1) is 0 Å². The largest absolute Gasteiger partial charge is 0.491 e. The Bertz CT molecular complexity index is 847. The molecule has 0 saturated carbocycles. The molecule has 0 spiro atoms. The quantitative estimate of drug-likeness (QED) is 0.887. The lowest BCUT2D eigenvalue weighted by Gasteiger charge is -2.13. The number of para-hydroxylation sites is 1. The fraction of sp³-hybridized carbons (Fsp3) is 0.235. The Hall–Kier alpha value is -2.54. The molecule has 0 saturated heterocycles. The summed E-state index contributed by atoms with van der Waals surface area (Å²) in [5.41, 5.74) is 1.78. The van der Waals surface area contributed by atoms with Crippen molar-refractivity contribution in [2.45, 2.75) is 17.5 Å². The molecule has 24 heavy (non-hydrogen) atoms. The first-order valence-electron chi connectivity index (χ1n) is 7.48. The molecule has 126 valence electrons. The second-order valence-electron chi connectivity index (χ2n) is 5.64. The van der Waals surface area contributed by atoms with Crippen LogP contribution in [0.1, 0.15) is 17.2 Å². The van der Waals surface area contributed by atoms with E-state index in [1.165, 1.54) is 12.1 Å². The Labute approximate surface area is 140 Å². The van der Waals surface area contributed by atoms with E-state index >= 15 is 0 Å². The maximum Gasteiger partial charge on any atom is 0.315 e. The van der Waals surface area contributed by atoms with Gasteiger partial charge in [0.25, 0.3) is 0 Å². The lowest BCUT2D eigenvalue weighted by molar-refractivity contribution is 0.231. The van der Waals surface area contributed by atoms with Crippen molar-refractivity contribution in [3.05, 3.63) is 59.7 Å². The first-order valence-corrected chi connectivity index (χ1v) is 9.38. The average molecular weight is 346 g/mol. The van der Waals surface area contributed by atoms with Gasteiger partial charge in [-0.3, -0.25) is 0 Å². The van der Waals surface area contributed by atoms with Crippen LogP contribution in [-0.4, -0.2) is 27.3 Å². The summed E-state index contributed by atoms with van der Waals surface area (Å²) in [5, 5.41) is 5.63. The van der Waals surface area contributed by atoms with E-state index in [-0.39, 0.29) is 17.0 Å². The minimum atomic E-state index is -3.21. The van der Waals surface area contributed by atoms with E-state index in [2.05, 4.69) is 10.6 Å². The average Bonchev–Trinajstić information content (AvgIpc) is 2.96. The van der Waals surface area contributed by atoms with E-state index in [0.29, 0.717) is 13.2 Å². The van der Waals surface area contributed by atoms with Gasteiger partial charge in [-0.2, -0.15) is 0 Å². The summed E-state index contributed by atoms with van der Waals surface area (Å²) in [6.07, 6.45) is 1.16. The molecule has 0 aromatic heterocycles. The molecule has 1 aliphatic heterocycles. The second-order valence-corrected chi connectivity index (χ2v) is 7.66. The number of benzene rings is 2. The van der Waals surface area contributed by atoms with Gasteiger partial charge in [-0.25, -0.2) is 13.2 Å². The van der Waals surface area contributed by atoms with E-state index in [0.717, 1.165) is 23.1 Å². The number of amides is 2. The molecule has 1 unspecified atom stereocenters. The van der Waals surface area contributed by atoms with Crippen molar-refractivity contribution in [2.75, 3.05) is 12.9 Å². The van der Waals surface area contributed by atoms with Gasteiger partial charge >= 0.3 is 6.03 Å². The van der Waals surface area contributed by atoms with Crippen LogP contribution in [0, 0.1) is 0 Å². The smallest absolute Gasteiger partial charge is 0.315 e. The molecule has 0 aliphatic carbocycles. The third-order valence-corrected chi connectivity index (χ3v) is 4.94. The lowest BCUT2D eigenvalue weighted by Crippen LogP contribution is -2.38.